The van der Waals surface area contributed by atoms with E-state index in [9.17, 15) is 4.79 Å². The first-order chi connectivity index (χ1) is 6.61. The fourth-order valence-electron chi connectivity index (χ4n) is 1.36. The summed E-state index contributed by atoms with van der Waals surface area (Å²) in [5.41, 5.74) is 1.91. The Morgan fingerprint density at radius 2 is 1.79 bits per heavy atom. The van der Waals surface area contributed by atoms with Crippen molar-refractivity contribution in [2.24, 2.45) is 0 Å². The molecule has 3 heteroatoms. The standard InChI is InChI=1S/C11H19NO2/c1-8(2)9(3)11(13)12-10-4-6-14-7-5-10/h10H,4-7H2,1-3H3,(H,12,13). The molecule has 1 rings (SSSR count). The van der Waals surface area contributed by atoms with Crippen LogP contribution in [0.3, 0.4) is 0 Å². The Kier molecular flexibility index (Phi) is 4.14. The molecule has 1 saturated heterocycles. The van der Waals surface area contributed by atoms with Gasteiger partial charge in [-0.1, -0.05) is 5.57 Å². The molecule has 0 aromatic heterocycles. The Labute approximate surface area is 85.5 Å². The average Bonchev–Trinajstić information content (AvgIpc) is 2.18. The lowest BCUT2D eigenvalue weighted by atomic mass is 10.1. The molecule has 1 aliphatic heterocycles. The molecule has 0 spiro atoms. The van der Waals surface area contributed by atoms with Gasteiger partial charge in [-0.3, -0.25) is 4.79 Å². The lowest BCUT2D eigenvalue weighted by molar-refractivity contribution is -0.118. The lowest BCUT2D eigenvalue weighted by Crippen LogP contribution is -2.39. The van der Waals surface area contributed by atoms with Crippen molar-refractivity contribution in [3.63, 3.8) is 0 Å². The summed E-state index contributed by atoms with van der Waals surface area (Å²) < 4.78 is 5.23. The summed E-state index contributed by atoms with van der Waals surface area (Å²) in [5.74, 6) is 0.0666. The number of carbonyl (C=O) groups excluding carboxylic acids is 1. The molecule has 0 aromatic carbocycles. The molecule has 0 atom stereocenters. The van der Waals surface area contributed by atoms with E-state index in [2.05, 4.69) is 5.32 Å². The Balaban J connectivity index is 2.43. The molecule has 14 heavy (non-hydrogen) atoms. The van der Waals surface area contributed by atoms with Crippen LogP contribution in [0.4, 0.5) is 0 Å². The molecule has 0 aliphatic carbocycles. The molecule has 3 nitrogen and oxygen atoms in total. The van der Waals surface area contributed by atoms with Gasteiger partial charge in [-0.2, -0.15) is 0 Å². The first-order valence-corrected chi connectivity index (χ1v) is 5.14. The van der Waals surface area contributed by atoms with Gasteiger partial charge in [0.25, 0.3) is 0 Å². The highest BCUT2D eigenvalue weighted by molar-refractivity contribution is 5.93. The number of hydrogen-bond donors (Lipinski definition) is 1. The van der Waals surface area contributed by atoms with Gasteiger partial charge in [0.2, 0.25) is 5.91 Å². The van der Waals surface area contributed by atoms with Gasteiger partial charge in [0.15, 0.2) is 0 Å². The summed E-state index contributed by atoms with van der Waals surface area (Å²) in [4.78, 5) is 11.6. The highest BCUT2D eigenvalue weighted by atomic mass is 16.5. The van der Waals surface area contributed by atoms with Crippen LogP contribution in [0.2, 0.25) is 0 Å². The zero-order valence-electron chi connectivity index (χ0n) is 9.22. The van der Waals surface area contributed by atoms with Crippen LogP contribution in [0.1, 0.15) is 33.6 Å². The zero-order valence-corrected chi connectivity index (χ0v) is 9.22. The number of rotatable bonds is 2. The normalized spacial score (nSPS) is 17.6. The quantitative estimate of drug-likeness (QED) is 0.683. The minimum absolute atomic E-state index is 0.0666. The van der Waals surface area contributed by atoms with Gasteiger partial charge in [-0.05, 0) is 33.6 Å². The van der Waals surface area contributed by atoms with Crippen molar-refractivity contribution in [3.05, 3.63) is 11.1 Å². The van der Waals surface area contributed by atoms with Gasteiger partial charge >= 0.3 is 0 Å². The molecule has 1 amide bonds. The summed E-state index contributed by atoms with van der Waals surface area (Å²) in [6.45, 7) is 7.30. The molecular formula is C11H19NO2. The Hall–Kier alpha value is -0.830. The van der Waals surface area contributed by atoms with Crippen molar-refractivity contribution in [1.29, 1.82) is 0 Å². The molecule has 1 aliphatic rings. The highest BCUT2D eigenvalue weighted by Crippen LogP contribution is 2.08. The van der Waals surface area contributed by atoms with Crippen LogP contribution in [0.15, 0.2) is 11.1 Å². The molecule has 0 unspecified atom stereocenters. The third-order valence-corrected chi connectivity index (χ3v) is 2.65. The van der Waals surface area contributed by atoms with E-state index in [0.717, 1.165) is 37.2 Å². The first kappa shape index (κ1) is 11.2. The van der Waals surface area contributed by atoms with Crippen molar-refractivity contribution in [3.8, 4) is 0 Å². The molecule has 0 bridgehead atoms. The maximum Gasteiger partial charge on any atom is 0.247 e. The van der Waals surface area contributed by atoms with Gasteiger partial charge in [-0.15, -0.1) is 0 Å². The second kappa shape index (κ2) is 5.15. The number of allylic oxidation sites excluding steroid dienone is 1. The van der Waals surface area contributed by atoms with E-state index in [0.29, 0.717) is 6.04 Å². The Bertz CT molecular complexity index is 236. The molecule has 1 N–H and O–H groups in total. The van der Waals surface area contributed by atoms with Gasteiger partial charge in [-0.25, -0.2) is 0 Å². The van der Waals surface area contributed by atoms with Crippen molar-refractivity contribution in [2.75, 3.05) is 13.2 Å². The van der Waals surface area contributed by atoms with Gasteiger partial charge < -0.3 is 10.1 Å². The van der Waals surface area contributed by atoms with E-state index in [1.807, 2.05) is 20.8 Å². The van der Waals surface area contributed by atoms with Crippen molar-refractivity contribution < 1.29 is 9.53 Å². The van der Waals surface area contributed by atoms with Crippen LogP contribution in [-0.4, -0.2) is 25.2 Å². The van der Waals surface area contributed by atoms with Crippen molar-refractivity contribution in [2.45, 2.75) is 39.7 Å². The van der Waals surface area contributed by atoms with E-state index in [4.69, 9.17) is 4.74 Å². The van der Waals surface area contributed by atoms with Gasteiger partial charge in [0.05, 0.1) is 0 Å². The molecule has 0 radical (unpaired) electrons. The van der Waals surface area contributed by atoms with Crippen molar-refractivity contribution >= 4 is 5.91 Å². The average molecular weight is 197 g/mol. The van der Waals surface area contributed by atoms with Crippen LogP contribution in [-0.2, 0) is 9.53 Å². The first-order valence-electron chi connectivity index (χ1n) is 5.14. The van der Waals surface area contributed by atoms with E-state index >= 15 is 0 Å². The number of hydrogen-bond acceptors (Lipinski definition) is 2. The van der Waals surface area contributed by atoms with Crippen LogP contribution in [0.5, 0.6) is 0 Å². The van der Waals surface area contributed by atoms with Crippen LogP contribution < -0.4 is 5.32 Å². The lowest BCUT2D eigenvalue weighted by Gasteiger charge is -2.23. The second-order valence-electron chi connectivity index (χ2n) is 3.99. The largest absolute Gasteiger partial charge is 0.381 e. The highest BCUT2D eigenvalue weighted by Gasteiger charge is 2.16. The van der Waals surface area contributed by atoms with E-state index in [-0.39, 0.29) is 5.91 Å². The molecule has 1 fully saturated rings. The summed E-state index contributed by atoms with van der Waals surface area (Å²) in [5, 5.41) is 3.02. The molecule has 0 aromatic rings. The van der Waals surface area contributed by atoms with Gasteiger partial charge in [0.1, 0.15) is 0 Å². The number of carbonyl (C=O) groups is 1. The summed E-state index contributed by atoms with van der Waals surface area (Å²) in [7, 11) is 0. The van der Waals surface area contributed by atoms with E-state index < -0.39 is 0 Å². The Morgan fingerprint density at radius 1 is 1.21 bits per heavy atom. The molecule has 80 valence electrons. The summed E-state index contributed by atoms with van der Waals surface area (Å²) in [6.07, 6.45) is 1.86. The van der Waals surface area contributed by atoms with Crippen LogP contribution in [0, 0.1) is 0 Å². The molecule has 1 heterocycles. The monoisotopic (exact) mass is 197 g/mol. The molecule has 0 saturated carbocycles. The van der Waals surface area contributed by atoms with Gasteiger partial charge in [0, 0.05) is 24.8 Å². The maximum atomic E-state index is 11.6. The third kappa shape index (κ3) is 3.14. The van der Waals surface area contributed by atoms with Crippen LogP contribution >= 0.6 is 0 Å². The predicted octanol–water partition coefficient (Wildman–Crippen LogP) is 1.64. The minimum atomic E-state index is 0.0666. The number of amides is 1. The predicted molar refractivity (Wildman–Crippen MR) is 56.0 cm³/mol. The zero-order chi connectivity index (χ0) is 10.6. The summed E-state index contributed by atoms with van der Waals surface area (Å²) in [6, 6.07) is 0.297. The van der Waals surface area contributed by atoms with Crippen LogP contribution in [0.25, 0.3) is 0 Å². The fourth-order valence-corrected chi connectivity index (χ4v) is 1.36. The minimum Gasteiger partial charge on any atom is -0.381 e. The molecular weight excluding hydrogens is 178 g/mol. The number of nitrogens with one attached hydrogen (secondary N) is 1. The summed E-state index contributed by atoms with van der Waals surface area (Å²) >= 11 is 0. The van der Waals surface area contributed by atoms with E-state index in [1.165, 1.54) is 0 Å². The second-order valence-corrected chi connectivity index (χ2v) is 3.99. The van der Waals surface area contributed by atoms with Crippen molar-refractivity contribution in [1.82, 2.24) is 5.32 Å². The third-order valence-electron chi connectivity index (χ3n) is 2.65. The topological polar surface area (TPSA) is 38.3 Å². The fraction of sp³-hybridized carbons (Fsp3) is 0.727. The van der Waals surface area contributed by atoms with E-state index in [1.54, 1.807) is 0 Å². The maximum absolute atomic E-state index is 11.6. The number of ether oxygens (including phenoxy) is 1. The smallest absolute Gasteiger partial charge is 0.247 e. The Morgan fingerprint density at radius 3 is 2.29 bits per heavy atom. The SMILES string of the molecule is CC(C)=C(C)C(=O)NC1CCOCC1.